The maximum atomic E-state index is 13.1. The lowest BCUT2D eigenvalue weighted by Gasteiger charge is -2.44. The summed E-state index contributed by atoms with van der Waals surface area (Å²) in [5.41, 5.74) is 1.70. The molecule has 6 nitrogen and oxygen atoms in total. The number of thiazole rings is 1. The lowest BCUT2D eigenvalue weighted by Crippen LogP contribution is -2.68. The Hall–Kier alpha value is -2.32. The highest BCUT2D eigenvalue weighted by Gasteiger charge is 2.41. The van der Waals surface area contributed by atoms with Crippen molar-refractivity contribution in [1.29, 1.82) is 0 Å². The van der Waals surface area contributed by atoms with Gasteiger partial charge in [-0.3, -0.25) is 14.5 Å². The maximum Gasteiger partial charge on any atom is 0.245 e. The average molecular weight is 374 g/mol. The molecule has 8 heteroatoms. The minimum Gasteiger partial charge on any atom is -0.343 e. The number of hydrogen-bond donors (Lipinski definition) is 1. The van der Waals surface area contributed by atoms with Crippen LogP contribution in [0.4, 0.5) is 4.39 Å². The number of aromatic nitrogens is 1. The van der Waals surface area contributed by atoms with Crippen molar-refractivity contribution >= 4 is 23.2 Å². The Morgan fingerprint density at radius 2 is 2.04 bits per heavy atom. The average Bonchev–Trinajstić information content (AvgIpc) is 3.09. The van der Waals surface area contributed by atoms with Crippen LogP contribution in [0, 0.1) is 5.82 Å². The lowest BCUT2D eigenvalue weighted by molar-refractivity contribution is -0.152. The van der Waals surface area contributed by atoms with Crippen LogP contribution in [-0.4, -0.2) is 58.3 Å². The normalized spacial score (nSPS) is 23.7. The van der Waals surface area contributed by atoms with Crippen LogP contribution in [0.2, 0.25) is 0 Å². The van der Waals surface area contributed by atoms with Gasteiger partial charge in [0.1, 0.15) is 22.9 Å². The van der Waals surface area contributed by atoms with Gasteiger partial charge >= 0.3 is 0 Å². The molecule has 0 spiro atoms. The molecule has 0 unspecified atom stereocenters. The predicted molar refractivity (Wildman–Crippen MR) is 95.9 cm³/mol. The fourth-order valence-corrected chi connectivity index (χ4v) is 4.26. The van der Waals surface area contributed by atoms with Gasteiger partial charge in [0.05, 0.1) is 12.2 Å². The van der Waals surface area contributed by atoms with Gasteiger partial charge in [-0.05, 0) is 31.2 Å². The highest BCUT2D eigenvalue weighted by atomic mass is 32.1. The number of halogens is 1. The number of carbonyl (C=O) groups excluding carboxylic acids is 2. The maximum absolute atomic E-state index is 13.1. The molecule has 2 fully saturated rings. The topological polar surface area (TPSA) is 65.5 Å². The van der Waals surface area contributed by atoms with Gasteiger partial charge in [-0.15, -0.1) is 11.3 Å². The van der Waals surface area contributed by atoms with E-state index >= 15 is 0 Å². The first kappa shape index (κ1) is 17.1. The van der Waals surface area contributed by atoms with Crippen LogP contribution in [0.3, 0.4) is 0 Å². The highest BCUT2D eigenvalue weighted by molar-refractivity contribution is 7.09. The quantitative estimate of drug-likeness (QED) is 0.884. The van der Waals surface area contributed by atoms with E-state index in [2.05, 4.69) is 15.2 Å². The van der Waals surface area contributed by atoms with E-state index in [0.29, 0.717) is 26.2 Å². The number of hydrogen-bond acceptors (Lipinski definition) is 5. The van der Waals surface area contributed by atoms with Crippen molar-refractivity contribution in [3.8, 4) is 11.3 Å². The molecule has 136 valence electrons. The summed E-state index contributed by atoms with van der Waals surface area (Å²) in [4.78, 5) is 32.9. The van der Waals surface area contributed by atoms with Crippen molar-refractivity contribution in [3.05, 3.63) is 40.5 Å². The Balaban J connectivity index is 1.43. The van der Waals surface area contributed by atoms with Crippen molar-refractivity contribution < 1.29 is 14.0 Å². The smallest absolute Gasteiger partial charge is 0.245 e. The molecule has 1 aromatic carbocycles. The molecule has 1 aromatic heterocycles. The van der Waals surface area contributed by atoms with Gasteiger partial charge in [0.2, 0.25) is 11.8 Å². The van der Waals surface area contributed by atoms with Crippen molar-refractivity contribution in [2.24, 2.45) is 0 Å². The standard InChI is InChI=1S/C18H19FN4O2S/c1-11-18(25)23-7-6-22(8-15(23)17(24)20-11)9-16-21-14(10-26-16)12-2-4-13(19)5-3-12/h2-5,10-11,15H,6-9H2,1H3,(H,20,24)/t11-,15+/m0/s1. The van der Waals surface area contributed by atoms with Gasteiger partial charge in [-0.25, -0.2) is 9.37 Å². The molecule has 2 aromatic rings. The second kappa shape index (κ2) is 6.77. The zero-order valence-electron chi connectivity index (χ0n) is 14.3. The summed E-state index contributed by atoms with van der Waals surface area (Å²) >= 11 is 1.55. The number of nitrogens with zero attached hydrogens (tertiary/aromatic N) is 3. The molecule has 4 rings (SSSR count). The zero-order chi connectivity index (χ0) is 18.3. The Morgan fingerprint density at radius 1 is 1.27 bits per heavy atom. The van der Waals surface area contributed by atoms with E-state index in [1.165, 1.54) is 12.1 Å². The van der Waals surface area contributed by atoms with E-state index in [-0.39, 0.29) is 17.6 Å². The molecule has 26 heavy (non-hydrogen) atoms. The molecule has 2 amide bonds. The van der Waals surface area contributed by atoms with Crippen LogP contribution < -0.4 is 5.32 Å². The van der Waals surface area contributed by atoms with Gasteiger partial charge in [0.25, 0.3) is 0 Å². The number of amides is 2. The third-order valence-corrected chi connectivity index (χ3v) is 5.66. The third-order valence-electron chi connectivity index (χ3n) is 4.83. The Morgan fingerprint density at radius 3 is 2.81 bits per heavy atom. The molecular weight excluding hydrogens is 355 g/mol. The summed E-state index contributed by atoms with van der Waals surface area (Å²) in [5, 5.41) is 5.64. The molecule has 1 N–H and O–H groups in total. The fraction of sp³-hybridized carbons (Fsp3) is 0.389. The molecule has 2 aliphatic heterocycles. The minimum absolute atomic E-state index is 0.0119. The van der Waals surface area contributed by atoms with Crippen molar-refractivity contribution in [1.82, 2.24) is 20.1 Å². The molecule has 3 heterocycles. The number of carbonyl (C=O) groups is 2. The van der Waals surface area contributed by atoms with Crippen LogP contribution in [0.15, 0.2) is 29.6 Å². The Kier molecular flexibility index (Phi) is 4.46. The van der Waals surface area contributed by atoms with Crippen LogP contribution in [0.25, 0.3) is 11.3 Å². The molecule has 0 bridgehead atoms. The van der Waals surface area contributed by atoms with Gasteiger partial charge < -0.3 is 10.2 Å². The van der Waals surface area contributed by atoms with Gasteiger partial charge in [0, 0.05) is 30.6 Å². The van der Waals surface area contributed by atoms with Gasteiger partial charge in [-0.1, -0.05) is 0 Å². The lowest BCUT2D eigenvalue weighted by atomic mass is 10.1. The Labute approximate surface area is 154 Å². The molecular formula is C18H19FN4O2S. The number of piperazine rings is 2. The third kappa shape index (κ3) is 3.22. The van der Waals surface area contributed by atoms with Gasteiger partial charge in [0.15, 0.2) is 0 Å². The van der Waals surface area contributed by atoms with Crippen LogP contribution >= 0.6 is 11.3 Å². The highest BCUT2D eigenvalue weighted by Crippen LogP contribution is 2.24. The summed E-state index contributed by atoms with van der Waals surface area (Å²) in [6.07, 6.45) is 0. The molecule has 2 atom stereocenters. The van der Waals surface area contributed by atoms with E-state index in [9.17, 15) is 14.0 Å². The fourth-order valence-electron chi connectivity index (χ4n) is 3.42. The van der Waals surface area contributed by atoms with Crippen molar-refractivity contribution in [3.63, 3.8) is 0 Å². The molecule has 2 aliphatic rings. The van der Waals surface area contributed by atoms with E-state index < -0.39 is 12.1 Å². The molecule has 0 radical (unpaired) electrons. The SMILES string of the molecule is C[C@@H]1NC(=O)[C@H]2CN(Cc3nc(-c4ccc(F)cc4)cs3)CCN2C1=O. The van der Waals surface area contributed by atoms with E-state index in [0.717, 1.165) is 16.3 Å². The van der Waals surface area contributed by atoms with Crippen molar-refractivity contribution in [2.45, 2.75) is 25.6 Å². The van der Waals surface area contributed by atoms with E-state index in [1.807, 2.05) is 5.38 Å². The first-order valence-electron chi connectivity index (χ1n) is 8.55. The monoisotopic (exact) mass is 374 g/mol. The summed E-state index contributed by atoms with van der Waals surface area (Å²) in [7, 11) is 0. The van der Waals surface area contributed by atoms with E-state index in [1.54, 1.807) is 35.3 Å². The van der Waals surface area contributed by atoms with Crippen LogP contribution in [0.1, 0.15) is 11.9 Å². The first-order chi connectivity index (χ1) is 12.5. The van der Waals surface area contributed by atoms with Crippen molar-refractivity contribution in [2.75, 3.05) is 19.6 Å². The minimum atomic E-state index is -0.442. The van der Waals surface area contributed by atoms with Crippen LogP contribution in [-0.2, 0) is 16.1 Å². The summed E-state index contributed by atoms with van der Waals surface area (Å²) < 4.78 is 13.1. The largest absolute Gasteiger partial charge is 0.343 e. The number of fused-ring (bicyclic) bond motifs is 1. The number of benzene rings is 1. The molecule has 0 saturated carbocycles. The Bertz CT molecular complexity index is 838. The summed E-state index contributed by atoms with van der Waals surface area (Å²) in [6.45, 7) is 4.13. The summed E-state index contributed by atoms with van der Waals surface area (Å²) in [6, 6.07) is 5.41. The molecule has 0 aliphatic carbocycles. The van der Waals surface area contributed by atoms with Gasteiger partial charge in [-0.2, -0.15) is 0 Å². The molecule has 2 saturated heterocycles. The van der Waals surface area contributed by atoms with E-state index in [4.69, 9.17) is 0 Å². The van der Waals surface area contributed by atoms with Crippen LogP contribution in [0.5, 0.6) is 0 Å². The second-order valence-electron chi connectivity index (χ2n) is 6.65. The number of rotatable bonds is 3. The second-order valence-corrected chi connectivity index (χ2v) is 7.59. The zero-order valence-corrected chi connectivity index (χ0v) is 15.1. The predicted octanol–water partition coefficient (Wildman–Crippen LogP) is 1.48. The first-order valence-corrected chi connectivity index (χ1v) is 9.43. The number of nitrogens with one attached hydrogen (secondary N) is 1. The summed E-state index contributed by atoms with van der Waals surface area (Å²) in [5.74, 6) is -0.369.